The number of carbonyl (C=O) groups is 1. The molecule has 0 saturated heterocycles. The highest BCUT2D eigenvalue weighted by Crippen LogP contribution is 2.27. The summed E-state index contributed by atoms with van der Waals surface area (Å²) in [4.78, 5) is 12.5. The lowest BCUT2D eigenvalue weighted by atomic mass is 10.1. The topological polar surface area (TPSA) is 74.5 Å². The van der Waals surface area contributed by atoms with Gasteiger partial charge in [0.05, 0.1) is 10.6 Å². The van der Waals surface area contributed by atoms with Gasteiger partial charge < -0.3 is 14.8 Å². The van der Waals surface area contributed by atoms with Crippen molar-refractivity contribution in [3.8, 4) is 11.3 Å². The van der Waals surface area contributed by atoms with Crippen molar-refractivity contribution in [2.75, 3.05) is 5.32 Å². The normalized spacial score (nSPS) is 10.6. The number of halogens is 2. The van der Waals surface area contributed by atoms with Gasteiger partial charge in [-0.1, -0.05) is 23.7 Å². The largest absolute Gasteiger partial charge is 0.459 e. The fourth-order valence-electron chi connectivity index (χ4n) is 2.52. The van der Waals surface area contributed by atoms with Gasteiger partial charge in [0.25, 0.3) is 5.91 Å². The average molecular weight is 527 g/mol. The summed E-state index contributed by atoms with van der Waals surface area (Å²) in [7, 11) is 0. The molecule has 0 saturated carbocycles. The van der Waals surface area contributed by atoms with Gasteiger partial charge >= 0.3 is 0 Å². The van der Waals surface area contributed by atoms with Crippen LogP contribution in [0.25, 0.3) is 11.3 Å². The number of furan rings is 1. The SMILES string of the molecule is Cc1ccc(-c2ccc(CO)o2)cc1NC(=S)NC(=O)c1cc(I)ccc1Cl. The summed E-state index contributed by atoms with van der Waals surface area (Å²) in [6.07, 6.45) is 0. The lowest BCUT2D eigenvalue weighted by Gasteiger charge is -2.13. The number of aryl methyl sites for hydroxylation is 1. The summed E-state index contributed by atoms with van der Waals surface area (Å²) in [6.45, 7) is 1.77. The summed E-state index contributed by atoms with van der Waals surface area (Å²) in [6, 6.07) is 14.4. The second kappa shape index (κ2) is 9.04. The number of carbonyl (C=O) groups excluding carboxylic acids is 1. The van der Waals surface area contributed by atoms with Crippen LogP contribution in [0.4, 0.5) is 5.69 Å². The molecule has 144 valence electrons. The third-order valence-corrected chi connectivity index (χ3v) is 5.19. The average Bonchev–Trinajstić information content (AvgIpc) is 3.14. The van der Waals surface area contributed by atoms with Crippen molar-refractivity contribution in [3.63, 3.8) is 0 Å². The zero-order chi connectivity index (χ0) is 20.3. The highest BCUT2D eigenvalue weighted by atomic mass is 127. The van der Waals surface area contributed by atoms with E-state index in [9.17, 15) is 4.79 Å². The molecular formula is C20H16ClIN2O3S. The zero-order valence-corrected chi connectivity index (χ0v) is 18.5. The van der Waals surface area contributed by atoms with E-state index in [-0.39, 0.29) is 17.6 Å². The summed E-state index contributed by atoms with van der Waals surface area (Å²) >= 11 is 13.5. The maximum Gasteiger partial charge on any atom is 0.258 e. The van der Waals surface area contributed by atoms with Crippen molar-refractivity contribution in [3.05, 3.63) is 74.0 Å². The molecule has 3 aromatic rings. The van der Waals surface area contributed by atoms with Crippen LogP contribution in [0.15, 0.2) is 52.9 Å². The quantitative estimate of drug-likeness (QED) is 0.325. The molecule has 0 bridgehead atoms. The van der Waals surface area contributed by atoms with Crippen molar-refractivity contribution in [2.24, 2.45) is 0 Å². The summed E-state index contributed by atoms with van der Waals surface area (Å²) in [5.74, 6) is 0.739. The Bertz CT molecular complexity index is 1050. The summed E-state index contributed by atoms with van der Waals surface area (Å²) < 4.78 is 6.47. The predicted octanol–water partition coefficient (Wildman–Crippen LogP) is 5.13. The van der Waals surface area contributed by atoms with E-state index in [1.807, 2.05) is 31.2 Å². The molecule has 0 radical (unpaired) electrons. The van der Waals surface area contributed by atoms with Gasteiger partial charge in [-0.15, -0.1) is 0 Å². The molecule has 5 nitrogen and oxygen atoms in total. The van der Waals surface area contributed by atoms with E-state index in [1.165, 1.54) is 0 Å². The molecule has 1 amide bonds. The molecule has 2 aromatic carbocycles. The molecule has 3 rings (SSSR count). The van der Waals surface area contributed by atoms with E-state index in [4.69, 9.17) is 33.3 Å². The highest BCUT2D eigenvalue weighted by Gasteiger charge is 2.14. The third-order valence-electron chi connectivity index (χ3n) is 3.99. The van der Waals surface area contributed by atoms with Crippen LogP contribution in [0.1, 0.15) is 21.7 Å². The molecule has 0 spiro atoms. The molecule has 28 heavy (non-hydrogen) atoms. The molecule has 8 heteroatoms. The number of rotatable bonds is 4. The van der Waals surface area contributed by atoms with Gasteiger partial charge in [0.15, 0.2) is 5.11 Å². The maximum absolute atomic E-state index is 12.5. The Morgan fingerprint density at radius 2 is 2.00 bits per heavy atom. The minimum atomic E-state index is -0.381. The van der Waals surface area contributed by atoms with Crippen LogP contribution < -0.4 is 10.6 Å². The molecule has 0 atom stereocenters. The number of aliphatic hydroxyl groups is 1. The Balaban J connectivity index is 1.75. The number of hydrogen-bond acceptors (Lipinski definition) is 4. The summed E-state index contributed by atoms with van der Waals surface area (Å²) in [5.41, 5.74) is 2.86. The van der Waals surface area contributed by atoms with Crippen LogP contribution >= 0.6 is 46.4 Å². The molecule has 0 aliphatic rings. The van der Waals surface area contributed by atoms with Gasteiger partial charge in [0.1, 0.15) is 18.1 Å². The molecule has 0 unspecified atom stereocenters. The first-order valence-electron chi connectivity index (χ1n) is 8.25. The van der Waals surface area contributed by atoms with Gasteiger partial charge in [-0.05, 0) is 83.7 Å². The number of benzene rings is 2. The second-order valence-electron chi connectivity index (χ2n) is 5.99. The predicted molar refractivity (Wildman–Crippen MR) is 123 cm³/mol. The molecular weight excluding hydrogens is 511 g/mol. The Labute approximate surface area is 186 Å². The minimum Gasteiger partial charge on any atom is -0.459 e. The lowest BCUT2D eigenvalue weighted by molar-refractivity contribution is 0.0978. The van der Waals surface area contributed by atoms with Crippen LogP contribution in [0, 0.1) is 10.5 Å². The van der Waals surface area contributed by atoms with Gasteiger partial charge in [-0.2, -0.15) is 0 Å². The van der Waals surface area contributed by atoms with E-state index < -0.39 is 0 Å². The van der Waals surface area contributed by atoms with E-state index in [1.54, 1.807) is 24.3 Å². The third kappa shape index (κ3) is 4.91. The van der Waals surface area contributed by atoms with Crippen LogP contribution in [0.5, 0.6) is 0 Å². The van der Waals surface area contributed by atoms with Crippen LogP contribution in [0.2, 0.25) is 5.02 Å². The van der Waals surface area contributed by atoms with E-state index in [2.05, 4.69) is 33.2 Å². The van der Waals surface area contributed by atoms with Gasteiger partial charge in [-0.3, -0.25) is 10.1 Å². The number of nitrogens with one attached hydrogen (secondary N) is 2. The second-order valence-corrected chi connectivity index (χ2v) is 8.05. The van der Waals surface area contributed by atoms with E-state index in [0.717, 1.165) is 20.4 Å². The van der Waals surface area contributed by atoms with Gasteiger partial charge in [0, 0.05) is 14.8 Å². The number of amides is 1. The fourth-order valence-corrected chi connectivity index (χ4v) is 3.42. The molecule has 1 heterocycles. The number of thiocarbonyl (C=S) groups is 1. The molecule has 1 aromatic heterocycles. The van der Waals surface area contributed by atoms with Crippen molar-refractivity contribution in [1.82, 2.24) is 5.32 Å². The van der Waals surface area contributed by atoms with Crippen LogP contribution in [-0.4, -0.2) is 16.1 Å². The van der Waals surface area contributed by atoms with Gasteiger partial charge in [0.2, 0.25) is 0 Å². The van der Waals surface area contributed by atoms with E-state index >= 15 is 0 Å². The summed E-state index contributed by atoms with van der Waals surface area (Å²) in [5, 5.41) is 15.4. The number of anilines is 1. The lowest BCUT2D eigenvalue weighted by Crippen LogP contribution is -2.34. The maximum atomic E-state index is 12.5. The first kappa shape index (κ1) is 20.8. The zero-order valence-electron chi connectivity index (χ0n) is 14.8. The van der Waals surface area contributed by atoms with Crippen molar-refractivity contribution >= 4 is 63.1 Å². The van der Waals surface area contributed by atoms with Crippen molar-refractivity contribution < 1.29 is 14.3 Å². The Morgan fingerprint density at radius 3 is 2.71 bits per heavy atom. The minimum absolute atomic E-state index is 0.159. The molecule has 0 fully saturated rings. The first-order valence-corrected chi connectivity index (χ1v) is 10.1. The number of hydrogen-bond donors (Lipinski definition) is 3. The van der Waals surface area contributed by atoms with E-state index in [0.29, 0.717) is 22.1 Å². The standard InChI is InChI=1S/C20H16ClIN2O3S/c1-11-2-3-12(18-7-5-14(10-25)27-18)8-17(11)23-20(28)24-19(26)15-9-13(22)4-6-16(15)21/h2-9,25H,10H2,1H3,(H2,23,24,26,28). The monoisotopic (exact) mass is 526 g/mol. The van der Waals surface area contributed by atoms with Crippen LogP contribution in [0.3, 0.4) is 0 Å². The molecule has 3 N–H and O–H groups in total. The van der Waals surface area contributed by atoms with Crippen molar-refractivity contribution in [1.29, 1.82) is 0 Å². The Hall–Kier alpha value is -1.94. The fraction of sp³-hybridized carbons (Fsp3) is 0.100. The van der Waals surface area contributed by atoms with Crippen molar-refractivity contribution in [2.45, 2.75) is 13.5 Å². The first-order chi connectivity index (χ1) is 13.4. The number of aliphatic hydroxyl groups excluding tert-OH is 1. The van der Waals surface area contributed by atoms with Gasteiger partial charge in [-0.25, -0.2) is 0 Å². The Morgan fingerprint density at radius 1 is 1.21 bits per heavy atom. The molecule has 0 aliphatic heterocycles. The van der Waals surface area contributed by atoms with Crippen LogP contribution in [-0.2, 0) is 6.61 Å². The highest BCUT2D eigenvalue weighted by molar-refractivity contribution is 14.1. The smallest absolute Gasteiger partial charge is 0.258 e. The molecule has 0 aliphatic carbocycles. The Kier molecular flexibility index (Phi) is 6.71.